The van der Waals surface area contributed by atoms with Crippen molar-refractivity contribution >= 4 is 12.2 Å². The van der Waals surface area contributed by atoms with Gasteiger partial charge in [-0.2, -0.15) is 18.4 Å². The number of nitrogens with zero attached hydrogens (tertiary/aromatic N) is 3. The summed E-state index contributed by atoms with van der Waals surface area (Å²) < 4.78 is 46.3. The molecule has 0 bridgehead atoms. The van der Waals surface area contributed by atoms with Crippen LogP contribution in [-0.2, 0) is 11.2 Å². The number of ether oxygens (including phenoxy) is 1. The summed E-state index contributed by atoms with van der Waals surface area (Å²) in [5.41, 5.74) is 3.92. The lowest BCUT2D eigenvalue weighted by Crippen LogP contribution is -2.40. The van der Waals surface area contributed by atoms with Crippen LogP contribution in [0.1, 0.15) is 62.3 Å². The molecule has 192 valence electrons. The predicted octanol–water partition coefficient (Wildman–Crippen LogP) is 4.67. The van der Waals surface area contributed by atoms with Gasteiger partial charge >= 0.3 is 6.18 Å². The van der Waals surface area contributed by atoms with Crippen LogP contribution in [0, 0.1) is 24.2 Å². The Kier molecular flexibility index (Phi) is 7.60. The second kappa shape index (κ2) is 10.5. The second-order valence-corrected chi connectivity index (χ2v) is 9.89. The number of fused-ring (bicyclic) bond motifs is 1. The molecular weight excluding hydrogens is 465 g/mol. The molecule has 0 amide bonds. The summed E-state index contributed by atoms with van der Waals surface area (Å²) in [7, 11) is 1.64. The number of alkyl halides is 3. The zero-order valence-corrected chi connectivity index (χ0v) is 21.2. The van der Waals surface area contributed by atoms with Crippen molar-refractivity contribution in [3.05, 3.63) is 51.4 Å². The Balaban J connectivity index is 1.77. The first-order valence-electron chi connectivity index (χ1n) is 12.5. The zero-order chi connectivity index (χ0) is 26.0. The molecule has 8 heteroatoms. The average Bonchev–Trinajstić information content (AvgIpc) is 3.06. The third-order valence-corrected chi connectivity index (χ3v) is 7.29. The summed E-state index contributed by atoms with van der Waals surface area (Å²) in [4.78, 5) is 4.72. The normalized spacial score (nSPS) is 18.9. The summed E-state index contributed by atoms with van der Waals surface area (Å²) in [5.74, 6) is 1.04. The maximum absolute atomic E-state index is 12.8. The van der Waals surface area contributed by atoms with Gasteiger partial charge in [0.2, 0.25) is 0 Å². The summed E-state index contributed by atoms with van der Waals surface area (Å²) in [6, 6.07) is 3.13. The largest absolute Gasteiger partial charge is 0.497 e. The van der Waals surface area contributed by atoms with E-state index in [1.54, 1.807) is 13.3 Å². The van der Waals surface area contributed by atoms with Crippen LogP contribution in [0.5, 0.6) is 0 Å². The van der Waals surface area contributed by atoms with Crippen molar-refractivity contribution in [1.29, 1.82) is 5.26 Å². The van der Waals surface area contributed by atoms with Gasteiger partial charge in [0.1, 0.15) is 17.9 Å². The molecule has 2 aromatic heterocycles. The number of pyridine rings is 1. The number of rotatable bonds is 7. The van der Waals surface area contributed by atoms with Crippen molar-refractivity contribution in [3.63, 3.8) is 0 Å². The van der Waals surface area contributed by atoms with Crippen molar-refractivity contribution in [2.75, 3.05) is 13.7 Å². The molecule has 2 aliphatic carbocycles. The van der Waals surface area contributed by atoms with E-state index in [1.807, 2.05) is 19.1 Å². The third kappa shape index (κ3) is 5.22. The number of methoxy groups -OCH3 is 1. The predicted molar refractivity (Wildman–Crippen MR) is 134 cm³/mol. The van der Waals surface area contributed by atoms with Gasteiger partial charge in [0.05, 0.1) is 24.1 Å². The summed E-state index contributed by atoms with van der Waals surface area (Å²) >= 11 is 0. The van der Waals surface area contributed by atoms with E-state index in [9.17, 15) is 18.4 Å². The molecule has 0 aliphatic heterocycles. The molecule has 4 rings (SSSR count). The van der Waals surface area contributed by atoms with E-state index in [0.29, 0.717) is 29.6 Å². The lowest BCUT2D eigenvalue weighted by Gasteiger charge is -2.30. The fourth-order valence-corrected chi connectivity index (χ4v) is 4.85. The summed E-state index contributed by atoms with van der Waals surface area (Å²) in [5, 5.41) is 14.7. The average molecular weight is 499 g/mol. The van der Waals surface area contributed by atoms with E-state index in [2.05, 4.69) is 35.0 Å². The maximum atomic E-state index is 12.8. The van der Waals surface area contributed by atoms with E-state index in [0.717, 1.165) is 65.8 Å². The van der Waals surface area contributed by atoms with Crippen molar-refractivity contribution in [1.82, 2.24) is 14.9 Å². The van der Waals surface area contributed by atoms with Crippen molar-refractivity contribution in [2.24, 2.45) is 5.92 Å². The van der Waals surface area contributed by atoms with Gasteiger partial charge < -0.3 is 14.6 Å². The van der Waals surface area contributed by atoms with Gasteiger partial charge in [-0.25, -0.2) is 0 Å². The van der Waals surface area contributed by atoms with E-state index in [1.165, 1.54) is 0 Å². The minimum absolute atomic E-state index is 0.201. The number of hydrogen-bond acceptors (Lipinski definition) is 4. The van der Waals surface area contributed by atoms with Crippen LogP contribution in [0.15, 0.2) is 24.1 Å². The van der Waals surface area contributed by atoms with Crippen LogP contribution in [0.3, 0.4) is 0 Å². The SMILES string of the molecule is COC1=CC(C)CC=c2c(c(C#N)c(-c3cc(C)c(CCNC(C)C(F)(F)F)cn3)n2C2CCC2)=C1. The molecule has 2 heterocycles. The monoisotopic (exact) mass is 498 g/mol. The van der Waals surface area contributed by atoms with Gasteiger partial charge in [-0.1, -0.05) is 13.0 Å². The molecule has 2 aliphatic rings. The number of aryl methyl sites for hydroxylation is 1. The zero-order valence-electron chi connectivity index (χ0n) is 21.2. The first kappa shape index (κ1) is 26.0. The van der Waals surface area contributed by atoms with Crippen molar-refractivity contribution in [3.8, 4) is 17.5 Å². The Bertz CT molecular complexity index is 1310. The molecule has 2 aromatic rings. The molecule has 0 spiro atoms. The fourth-order valence-electron chi connectivity index (χ4n) is 4.85. The van der Waals surface area contributed by atoms with Gasteiger partial charge in [-0.05, 0) is 87.8 Å². The highest BCUT2D eigenvalue weighted by atomic mass is 19.4. The quantitative estimate of drug-likeness (QED) is 0.603. The molecule has 5 nitrogen and oxygen atoms in total. The Morgan fingerprint density at radius 2 is 2.08 bits per heavy atom. The molecule has 2 atom stereocenters. The van der Waals surface area contributed by atoms with Crippen LogP contribution in [-0.4, -0.2) is 35.4 Å². The highest BCUT2D eigenvalue weighted by Crippen LogP contribution is 2.35. The van der Waals surface area contributed by atoms with Crippen molar-refractivity contribution < 1.29 is 17.9 Å². The Morgan fingerprint density at radius 3 is 2.67 bits per heavy atom. The van der Waals surface area contributed by atoms with Gasteiger partial charge in [-0.15, -0.1) is 0 Å². The van der Waals surface area contributed by atoms with E-state index >= 15 is 0 Å². The van der Waals surface area contributed by atoms with Crippen LogP contribution in [0.4, 0.5) is 13.2 Å². The number of aromatic nitrogens is 2. The Hall–Kier alpha value is -3.05. The first-order chi connectivity index (χ1) is 17.1. The van der Waals surface area contributed by atoms with Crippen LogP contribution in [0.2, 0.25) is 0 Å². The molecule has 0 aromatic carbocycles. The number of nitriles is 1. The topological polar surface area (TPSA) is 62.9 Å². The van der Waals surface area contributed by atoms with Gasteiger partial charge in [0.15, 0.2) is 0 Å². The number of hydrogen-bond donors (Lipinski definition) is 1. The number of nitrogens with one attached hydrogen (secondary N) is 1. The van der Waals surface area contributed by atoms with Crippen molar-refractivity contribution in [2.45, 2.75) is 71.1 Å². The third-order valence-electron chi connectivity index (χ3n) is 7.29. The summed E-state index contributed by atoms with van der Waals surface area (Å²) in [6.45, 7) is 5.41. The minimum Gasteiger partial charge on any atom is -0.497 e. The summed E-state index contributed by atoms with van der Waals surface area (Å²) in [6.07, 6.45) is 8.24. The molecule has 2 unspecified atom stereocenters. The minimum atomic E-state index is -4.27. The molecule has 0 saturated heterocycles. The number of halogens is 3. The number of allylic oxidation sites excluding steroid dienone is 2. The van der Waals surface area contributed by atoms with E-state index in [4.69, 9.17) is 9.72 Å². The van der Waals surface area contributed by atoms with Gasteiger partial charge in [0, 0.05) is 22.8 Å². The van der Waals surface area contributed by atoms with E-state index in [-0.39, 0.29) is 6.54 Å². The highest BCUT2D eigenvalue weighted by Gasteiger charge is 2.35. The molecule has 1 N–H and O–H groups in total. The Labute approximate surface area is 210 Å². The fraction of sp³-hybridized carbons (Fsp3) is 0.500. The van der Waals surface area contributed by atoms with Crippen LogP contribution >= 0.6 is 0 Å². The standard InChI is InChI=1S/C28H33F3N4O/c1-17-8-9-26-23(14-22(12-17)36-4)24(15-32)27(35(26)21-6-5-7-21)25-13-18(2)20(16-34-25)10-11-33-19(3)28(29,30)31/h9,12-14,16-17,19,21,33H,5-8,10-11H2,1-4H3. The lowest BCUT2D eigenvalue weighted by atomic mass is 9.92. The molecule has 1 fully saturated rings. The lowest BCUT2D eigenvalue weighted by molar-refractivity contribution is -0.151. The second-order valence-electron chi connectivity index (χ2n) is 9.89. The first-order valence-corrected chi connectivity index (χ1v) is 12.5. The van der Waals surface area contributed by atoms with Crippen LogP contribution in [0.25, 0.3) is 23.5 Å². The molecule has 0 radical (unpaired) electrons. The maximum Gasteiger partial charge on any atom is 0.403 e. The Morgan fingerprint density at radius 1 is 1.33 bits per heavy atom. The van der Waals surface area contributed by atoms with Gasteiger partial charge in [0.25, 0.3) is 0 Å². The molecule has 36 heavy (non-hydrogen) atoms. The van der Waals surface area contributed by atoms with Crippen LogP contribution < -0.4 is 15.9 Å². The van der Waals surface area contributed by atoms with E-state index < -0.39 is 12.2 Å². The van der Waals surface area contributed by atoms with Gasteiger partial charge in [-0.3, -0.25) is 4.98 Å². The highest BCUT2D eigenvalue weighted by molar-refractivity contribution is 5.69. The molecular formula is C28H33F3N4O. The molecule has 1 saturated carbocycles. The smallest absolute Gasteiger partial charge is 0.403 e.